The lowest BCUT2D eigenvalue weighted by molar-refractivity contribution is -0.384. The molecule has 0 aliphatic carbocycles. The largest absolute Gasteiger partial charge is 0.469 e. The number of ether oxygens (including phenoxy) is 2. The van der Waals surface area contributed by atoms with Crippen LogP contribution in [0.3, 0.4) is 0 Å². The number of halogens is 2. The summed E-state index contributed by atoms with van der Waals surface area (Å²) in [6.07, 6.45) is 0.112. The van der Waals surface area contributed by atoms with Crippen LogP contribution in [0.5, 0.6) is 11.5 Å². The van der Waals surface area contributed by atoms with Crippen molar-refractivity contribution in [3.8, 4) is 11.5 Å². The topological polar surface area (TPSA) is 105 Å². The summed E-state index contributed by atoms with van der Waals surface area (Å²) < 4.78 is 11.5. The molecule has 2 N–H and O–H groups in total. The maximum Gasteiger partial charge on any atom is 0.309 e. The average molecular weight is 460 g/mol. The van der Waals surface area contributed by atoms with Gasteiger partial charge in [0.1, 0.15) is 11.4 Å². The zero-order valence-electron chi connectivity index (χ0n) is 12.4. The second-order valence-corrected chi connectivity index (χ2v) is 6.43. The Bertz CT molecular complexity index is 787. The first-order chi connectivity index (χ1) is 11.3. The van der Waals surface area contributed by atoms with E-state index in [1.54, 1.807) is 12.1 Å². The summed E-state index contributed by atoms with van der Waals surface area (Å²) in [4.78, 5) is 21.7. The third-order valence-electron chi connectivity index (χ3n) is 3.05. The number of hydrogen-bond acceptors (Lipinski definition) is 6. The molecule has 126 valence electrons. The number of methoxy groups -OCH3 is 1. The molecule has 0 unspecified atom stereocenters. The van der Waals surface area contributed by atoms with Crippen molar-refractivity contribution in [2.45, 2.75) is 6.42 Å². The van der Waals surface area contributed by atoms with Crippen LogP contribution in [0.15, 0.2) is 39.3 Å². The Kier molecular flexibility index (Phi) is 5.79. The van der Waals surface area contributed by atoms with E-state index in [-0.39, 0.29) is 29.5 Å². The fourth-order valence-corrected chi connectivity index (χ4v) is 3.36. The Morgan fingerprint density at radius 2 is 1.88 bits per heavy atom. The quantitative estimate of drug-likeness (QED) is 0.310. The van der Waals surface area contributed by atoms with Crippen molar-refractivity contribution >= 4 is 49.2 Å². The lowest BCUT2D eigenvalue weighted by atomic mass is 10.1. The number of rotatable bonds is 5. The summed E-state index contributed by atoms with van der Waals surface area (Å²) in [5.74, 6) is 0.317. The van der Waals surface area contributed by atoms with Gasteiger partial charge in [0.2, 0.25) is 0 Å². The second kappa shape index (κ2) is 7.63. The van der Waals surface area contributed by atoms with Crippen LogP contribution in [-0.2, 0) is 16.0 Å². The zero-order valence-corrected chi connectivity index (χ0v) is 15.6. The van der Waals surface area contributed by atoms with Crippen molar-refractivity contribution in [3.63, 3.8) is 0 Å². The lowest BCUT2D eigenvalue weighted by Crippen LogP contribution is -2.04. The Morgan fingerprint density at radius 3 is 2.42 bits per heavy atom. The van der Waals surface area contributed by atoms with Crippen LogP contribution >= 0.6 is 31.9 Å². The van der Waals surface area contributed by atoms with E-state index in [1.165, 1.54) is 25.3 Å². The first-order valence-electron chi connectivity index (χ1n) is 6.58. The van der Waals surface area contributed by atoms with Gasteiger partial charge < -0.3 is 15.2 Å². The van der Waals surface area contributed by atoms with Crippen molar-refractivity contribution in [1.29, 1.82) is 0 Å². The van der Waals surface area contributed by atoms with Gasteiger partial charge >= 0.3 is 5.97 Å². The molecule has 0 saturated heterocycles. The molecule has 2 rings (SSSR count). The van der Waals surface area contributed by atoms with Crippen molar-refractivity contribution < 1.29 is 19.2 Å². The highest BCUT2D eigenvalue weighted by molar-refractivity contribution is 9.11. The van der Waals surface area contributed by atoms with Gasteiger partial charge in [-0.15, -0.1) is 0 Å². The summed E-state index contributed by atoms with van der Waals surface area (Å²) in [7, 11) is 1.32. The number of carbonyl (C=O) groups is 1. The van der Waals surface area contributed by atoms with Crippen LogP contribution in [0.2, 0.25) is 0 Å². The fraction of sp³-hybridized carbons (Fsp3) is 0.133. The van der Waals surface area contributed by atoms with E-state index in [2.05, 4.69) is 36.6 Å². The summed E-state index contributed by atoms with van der Waals surface area (Å²) in [6.45, 7) is 0. The molecule has 24 heavy (non-hydrogen) atoms. The van der Waals surface area contributed by atoms with Crippen LogP contribution in [0.1, 0.15) is 5.56 Å². The standard InChI is InChI=1S/C15H12Br2N2O5/c1-23-14(20)6-8-4-10(16)15(11(17)5-8)24-9-2-3-12(18)13(7-9)19(21)22/h2-5,7H,6,18H2,1H3. The SMILES string of the molecule is COC(=O)Cc1cc(Br)c(Oc2ccc(N)c([N+](=O)[O-])c2)c(Br)c1. The Balaban J connectivity index is 2.32. The van der Waals surface area contributed by atoms with Crippen molar-refractivity contribution in [1.82, 2.24) is 0 Å². The number of esters is 1. The van der Waals surface area contributed by atoms with Gasteiger partial charge in [-0.1, -0.05) is 0 Å². The average Bonchev–Trinajstić information content (AvgIpc) is 2.52. The predicted octanol–water partition coefficient (Wildman–Crippen LogP) is 4.21. The van der Waals surface area contributed by atoms with E-state index in [4.69, 9.17) is 10.5 Å². The van der Waals surface area contributed by atoms with Gasteiger partial charge in [-0.25, -0.2) is 0 Å². The van der Waals surface area contributed by atoms with Crippen LogP contribution in [0.25, 0.3) is 0 Å². The van der Waals surface area contributed by atoms with E-state index in [0.717, 1.165) is 5.56 Å². The van der Waals surface area contributed by atoms with Gasteiger partial charge in [0.25, 0.3) is 5.69 Å². The molecule has 0 aliphatic heterocycles. The maximum atomic E-state index is 11.4. The minimum absolute atomic E-state index is 0.0545. The number of anilines is 1. The number of nitrogen functional groups attached to an aromatic ring is 1. The summed E-state index contributed by atoms with van der Waals surface area (Å²) in [6, 6.07) is 7.60. The maximum absolute atomic E-state index is 11.4. The number of carbonyl (C=O) groups excluding carboxylic acids is 1. The molecular weight excluding hydrogens is 448 g/mol. The smallest absolute Gasteiger partial charge is 0.309 e. The van der Waals surface area contributed by atoms with Gasteiger partial charge in [0.05, 0.1) is 33.5 Å². The number of nitro groups is 1. The molecule has 7 nitrogen and oxygen atoms in total. The number of benzene rings is 2. The lowest BCUT2D eigenvalue weighted by Gasteiger charge is -2.12. The number of nitrogens with two attached hydrogens (primary N) is 1. The molecule has 0 heterocycles. The molecule has 0 aromatic heterocycles. The molecule has 0 bridgehead atoms. The Hall–Kier alpha value is -2.13. The fourth-order valence-electron chi connectivity index (χ4n) is 1.91. The van der Waals surface area contributed by atoms with Crippen LogP contribution in [0.4, 0.5) is 11.4 Å². The van der Waals surface area contributed by atoms with Gasteiger partial charge in [-0.05, 0) is 61.7 Å². The highest BCUT2D eigenvalue weighted by Gasteiger charge is 2.16. The van der Waals surface area contributed by atoms with Gasteiger partial charge in [0.15, 0.2) is 5.75 Å². The third kappa shape index (κ3) is 4.24. The number of nitro benzene ring substituents is 1. The van der Waals surface area contributed by atoms with Gasteiger partial charge in [-0.3, -0.25) is 14.9 Å². The predicted molar refractivity (Wildman–Crippen MR) is 95.1 cm³/mol. The zero-order chi connectivity index (χ0) is 17.9. The van der Waals surface area contributed by atoms with Crippen molar-refractivity contribution in [3.05, 3.63) is 55.0 Å². The second-order valence-electron chi connectivity index (χ2n) is 4.72. The minimum atomic E-state index is -0.578. The molecule has 0 spiro atoms. The molecule has 0 aliphatic rings. The molecule has 9 heteroatoms. The Labute approximate surface area is 154 Å². The van der Waals surface area contributed by atoms with Crippen molar-refractivity contribution in [2.24, 2.45) is 0 Å². The van der Waals surface area contributed by atoms with Gasteiger partial charge in [0, 0.05) is 0 Å². The molecule has 0 radical (unpaired) electrons. The molecule has 0 saturated carbocycles. The van der Waals surface area contributed by atoms with E-state index < -0.39 is 4.92 Å². The van der Waals surface area contributed by atoms with E-state index in [0.29, 0.717) is 14.7 Å². The summed E-state index contributed by atoms with van der Waals surface area (Å²) in [5.41, 5.74) is 6.10. The number of hydrogen-bond donors (Lipinski definition) is 1. The van der Waals surface area contributed by atoms with Crippen LogP contribution < -0.4 is 10.5 Å². The summed E-state index contributed by atoms with van der Waals surface area (Å²) >= 11 is 6.73. The highest BCUT2D eigenvalue weighted by Crippen LogP contribution is 2.39. The first kappa shape index (κ1) is 18.2. The van der Waals surface area contributed by atoms with E-state index in [1.807, 2.05) is 0 Å². The molecular formula is C15H12Br2N2O5. The van der Waals surface area contributed by atoms with E-state index >= 15 is 0 Å². The molecule has 2 aromatic rings. The molecule has 0 amide bonds. The van der Waals surface area contributed by atoms with Crippen LogP contribution in [-0.4, -0.2) is 18.0 Å². The molecule has 0 fully saturated rings. The molecule has 2 aromatic carbocycles. The van der Waals surface area contributed by atoms with Gasteiger partial charge in [-0.2, -0.15) is 0 Å². The van der Waals surface area contributed by atoms with Crippen molar-refractivity contribution in [2.75, 3.05) is 12.8 Å². The third-order valence-corrected chi connectivity index (χ3v) is 4.23. The monoisotopic (exact) mass is 458 g/mol. The number of nitrogens with zero attached hydrogens (tertiary/aromatic N) is 1. The van der Waals surface area contributed by atoms with E-state index in [9.17, 15) is 14.9 Å². The molecule has 0 atom stereocenters. The normalized spacial score (nSPS) is 10.3. The Morgan fingerprint density at radius 1 is 1.25 bits per heavy atom. The summed E-state index contributed by atoms with van der Waals surface area (Å²) in [5, 5.41) is 10.9. The highest BCUT2D eigenvalue weighted by atomic mass is 79.9. The van der Waals surface area contributed by atoms with Crippen LogP contribution in [0, 0.1) is 10.1 Å². The first-order valence-corrected chi connectivity index (χ1v) is 8.17. The minimum Gasteiger partial charge on any atom is -0.469 e.